The molecule has 0 atom stereocenters. The third kappa shape index (κ3) is 6.12. The fraction of sp³-hybridized carbons (Fsp3) is 0. The first-order chi connectivity index (χ1) is 25.9. The number of aliphatic imine (C=N–C) groups is 2. The fourth-order valence-corrected chi connectivity index (χ4v) is 8.41. The van der Waals surface area contributed by atoms with E-state index in [0.717, 1.165) is 45.5 Å². The Hall–Kier alpha value is -6.44. The lowest BCUT2D eigenvalue weighted by molar-refractivity contribution is 0.480. The minimum absolute atomic E-state index is 0.147. The second-order valence-electron chi connectivity index (χ2n) is 12.6. The van der Waals surface area contributed by atoms with E-state index < -0.39 is 30.0 Å². The highest BCUT2D eigenvalue weighted by Crippen LogP contribution is 2.42. The summed E-state index contributed by atoms with van der Waals surface area (Å²) in [4.78, 5) is 8.40. The van der Waals surface area contributed by atoms with Crippen LogP contribution in [0.2, 0.25) is 0 Å². The van der Waals surface area contributed by atoms with Crippen LogP contribution in [0.4, 0.5) is 11.4 Å². The van der Waals surface area contributed by atoms with E-state index in [-0.39, 0.29) is 22.5 Å². The van der Waals surface area contributed by atoms with Crippen molar-refractivity contribution in [3.63, 3.8) is 0 Å². The number of benzene rings is 6. The molecule has 0 saturated carbocycles. The van der Waals surface area contributed by atoms with Gasteiger partial charge in [0.05, 0.1) is 22.8 Å². The molecule has 0 heterocycles. The van der Waals surface area contributed by atoms with Crippen LogP contribution in [-0.4, -0.2) is 37.4 Å². The zero-order valence-electron chi connectivity index (χ0n) is 28.2. The lowest BCUT2D eigenvalue weighted by Gasteiger charge is -2.14. The Kier molecular flexibility index (Phi) is 8.47. The molecule has 0 radical (unpaired) electrons. The molecule has 6 aromatic rings. The highest BCUT2D eigenvalue weighted by Gasteiger charge is 2.30. The molecule has 6 aromatic carbocycles. The Labute approximate surface area is 311 Å². The lowest BCUT2D eigenvalue weighted by atomic mass is 10.0. The van der Waals surface area contributed by atoms with Crippen molar-refractivity contribution in [2.45, 2.75) is 9.79 Å². The monoisotopic (exact) mass is 750 g/mol. The molecule has 0 amide bonds. The standard InChI is InChI=1S/C42H30N4O6S2/c43-39-31-15-7-9-17-33(31)41(37(39)25-11-3-1-4-12-25)45-27-19-21-29(35(23-27)53(47,48)49)30-22-20-28(24-36(30)54(50,51)52)46-42-34-18-10-8-16-32(34)40(44)38(42)26-13-5-2-6-14-26/h1-24H,43-44H2,(H,47,48,49)(H,50,51,52). The summed E-state index contributed by atoms with van der Waals surface area (Å²) in [6, 6.07) is 41.6. The summed E-state index contributed by atoms with van der Waals surface area (Å²) >= 11 is 0. The molecule has 2 aliphatic rings. The van der Waals surface area contributed by atoms with Gasteiger partial charge in [0.25, 0.3) is 20.2 Å². The van der Waals surface area contributed by atoms with Crippen molar-refractivity contribution >= 4 is 65.6 Å². The number of allylic oxidation sites excluding steroid dienone is 2. The summed E-state index contributed by atoms with van der Waals surface area (Å²) < 4.78 is 72.8. The van der Waals surface area contributed by atoms with Gasteiger partial charge in [-0.25, -0.2) is 9.98 Å². The molecule has 8 rings (SSSR count). The first-order valence-electron chi connectivity index (χ1n) is 16.6. The van der Waals surface area contributed by atoms with E-state index in [9.17, 15) is 25.9 Å². The molecule has 0 bridgehead atoms. The Morgan fingerprint density at radius 2 is 0.741 bits per heavy atom. The highest BCUT2D eigenvalue weighted by atomic mass is 32.2. The van der Waals surface area contributed by atoms with Crippen molar-refractivity contribution in [1.82, 2.24) is 0 Å². The molecular formula is C42H30N4O6S2. The first-order valence-corrected chi connectivity index (χ1v) is 19.5. The zero-order chi connectivity index (χ0) is 37.8. The minimum atomic E-state index is -4.97. The van der Waals surface area contributed by atoms with E-state index in [1.54, 1.807) is 0 Å². The normalized spacial score (nSPS) is 15.6. The molecule has 266 valence electrons. The summed E-state index contributed by atoms with van der Waals surface area (Å²) in [6.07, 6.45) is 0. The topological polar surface area (TPSA) is 185 Å². The second kappa shape index (κ2) is 13.2. The Bertz CT molecular complexity index is 2690. The first kappa shape index (κ1) is 34.6. The van der Waals surface area contributed by atoms with Gasteiger partial charge in [0.2, 0.25) is 0 Å². The van der Waals surface area contributed by atoms with Gasteiger partial charge in [0, 0.05) is 55.9 Å². The average Bonchev–Trinajstić information content (AvgIpc) is 3.61. The molecule has 0 aliphatic heterocycles. The third-order valence-corrected chi connectivity index (χ3v) is 11.1. The van der Waals surface area contributed by atoms with Crippen molar-refractivity contribution in [3.8, 4) is 11.1 Å². The van der Waals surface area contributed by atoms with E-state index in [1.165, 1.54) is 24.3 Å². The zero-order valence-corrected chi connectivity index (χ0v) is 29.9. The Balaban J connectivity index is 1.27. The molecule has 0 saturated heterocycles. The van der Waals surface area contributed by atoms with Crippen LogP contribution in [0.5, 0.6) is 0 Å². The molecule has 2 aliphatic carbocycles. The summed E-state index contributed by atoms with van der Waals surface area (Å²) in [5.41, 5.74) is 21.0. The predicted octanol–water partition coefficient (Wildman–Crippen LogP) is 7.77. The van der Waals surface area contributed by atoms with Crippen LogP contribution in [0, 0.1) is 0 Å². The van der Waals surface area contributed by atoms with Crippen molar-refractivity contribution in [2.75, 3.05) is 0 Å². The summed E-state index contributed by atoms with van der Waals surface area (Å²) in [5.74, 6) is 0. The van der Waals surface area contributed by atoms with Gasteiger partial charge < -0.3 is 11.5 Å². The number of nitrogens with zero attached hydrogens (tertiary/aromatic N) is 2. The maximum Gasteiger partial charge on any atom is 0.295 e. The lowest BCUT2D eigenvalue weighted by Crippen LogP contribution is -2.06. The molecule has 54 heavy (non-hydrogen) atoms. The molecular weight excluding hydrogens is 721 g/mol. The van der Waals surface area contributed by atoms with Crippen LogP contribution in [0.15, 0.2) is 165 Å². The summed E-state index contributed by atoms with van der Waals surface area (Å²) in [7, 11) is -9.95. The van der Waals surface area contributed by atoms with Gasteiger partial charge in [-0.15, -0.1) is 0 Å². The largest absolute Gasteiger partial charge is 0.398 e. The van der Waals surface area contributed by atoms with Gasteiger partial charge in [0.1, 0.15) is 9.79 Å². The minimum Gasteiger partial charge on any atom is -0.398 e. The number of nitrogens with two attached hydrogens (primary N) is 2. The second-order valence-corrected chi connectivity index (χ2v) is 15.4. The van der Waals surface area contributed by atoms with E-state index >= 15 is 0 Å². The number of rotatable bonds is 7. The van der Waals surface area contributed by atoms with Crippen LogP contribution in [0.3, 0.4) is 0 Å². The van der Waals surface area contributed by atoms with Gasteiger partial charge in [-0.05, 0) is 35.4 Å². The fourth-order valence-electron chi connectivity index (χ4n) is 6.96. The van der Waals surface area contributed by atoms with Crippen LogP contribution in [0.1, 0.15) is 33.4 Å². The van der Waals surface area contributed by atoms with Crippen molar-refractivity contribution in [2.24, 2.45) is 21.5 Å². The maximum absolute atomic E-state index is 13.0. The number of fused-ring (bicyclic) bond motifs is 2. The maximum atomic E-state index is 13.0. The van der Waals surface area contributed by atoms with E-state index in [4.69, 9.17) is 21.5 Å². The highest BCUT2D eigenvalue weighted by molar-refractivity contribution is 7.86. The third-order valence-electron chi connectivity index (χ3n) is 9.34. The SMILES string of the molecule is NC1=C(c2ccccc2)C(=Nc2ccc(-c3ccc(N=C4C(c5ccccc5)=C(N)c5ccccc54)cc3S(=O)(=O)O)c(S(=O)(=O)O)c2)c2ccccc21. The van der Waals surface area contributed by atoms with Crippen LogP contribution in [0.25, 0.3) is 33.7 Å². The molecule has 0 unspecified atom stereocenters. The van der Waals surface area contributed by atoms with Gasteiger partial charge >= 0.3 is 0 Å². The quantitative estimate of drug-likeness (QED) is 0.119. The number of hydrogen-bond donors (Lipinski definition) is 4. The van der Waals surface area contributed by atoms with E-state index in [1.807, 2.05) is 109 Å². The average molecular weight is 751 g/mol. The van der Waals surface area contributed by atoms with Crippen LogP contribution < -0.4 is 11.5 Å². The van der Waals surface area contributed by atoms with Gasteiger partial charge in [-0.3, -0.25) is 9.11 Å². The molecule has 10 nitrogen and oxygen atoms in total. The van der Waals surface area contributed by atoms with Crippen LogP contribution in [-0.2, 0) is 20.2 Å². The summed E-state index contributed by atoms with van der Waals surface area (Å²) in [6.45, 7) is 0. The van der Waals surface area contributed by atoms with Crippen molar-refractivity contribution in [3.05, 3.63) is 179 Å². The smallest absolute Gasteiger partial charge is 0.295 e. The Morgan fingerprint density at radius 3 is 1.09 bits per heavy atom. The van der Waals surface area contributed by atoms with Crippen molar-refractivity contribution < 1.29 is 25.9 Å². The molecule has 0 aromatic heterocycles. The van der Waals surface area contributed by atoms with Gasteiger partial charge in [-0.2, -0.15) is 16.8 Å². The van der Waals surface area contributed by atoms with Crippen molar-refractivity contribution in [1.29, 1.82) is 0 Å². The molecule has 0 spiro atoms. The van der Waals surface area contributed by atoms with Gasteiger partial charge in [-0.1, -0.05) is 121 Å². The van der Waals surface area contributed by atoms with E-state index in [2.05, 4.69) is 0 Å². The number of hydrogen-bond acceptors (Lipinski definition) is 8. The predicted molar refractivity (Wildman–Crippen MR) is 212 cm³/mol. The van der Waals surface area contributed by atoms with Crippen LogP contribution >= 0.6 is 0 Å². The molecule has 0 fully saturated rings. The molecule has 12 heteroatoms. The van der Waals surface area contributed by atoms with Gasteiger partial charge in [0.15, 0.2) is 0 Å². The molecule has 6 N–H and O–H groups in total. The van der Waals surface area contributed by atoms with E-state index in [0.29, 0.717) is 34.0 Å². The summed E-state index contributed by atoms with van der Waals surface area (Å²) in [5, 5.41) is 0. The Morgan fingerprint density at radius 1 is 0.407 bits per heavy atom.